The SMILES string of the molecule is CC(C)CCNC(=O)CN1OC2C(=O)N(C3CCCCC3)C(=O)C2C1c1cccs1. The summed E-state index contributed by atoms with van der Waals surface area (Å²) in [5.74, 6) is -0.602. The van der Waals surface area contributed by atoms with E-state index in [4.69, 9.17) is 4.84 Å². The number of hydrogen-bond acceptors (Lipinski definition) is 6. The smallest absolute Gasteiger partial charge is 0.261 e. The Labute approximate surface area is 181 Å². The van der Waals surface area contributed by atoms with Crippen molar-refractivity contribution in [3.63, 3.8) is 0 Å². The van der Waals surface area contributed by atoms with Crippen LogP contribution >= 0.6 is 11.3 Å². The summed E-state index contributed by atoms with van der Waals surface area (Å²) in [4.78, 5) is 47.4. The van der Waals surface area contributed by atoms with Crippen molar-refractivity contribution in [3.05, 3.63) is 22.4 Å². The zero-order valence-corrected chi connectivity index (χ0v) is 18.5. The highest BCUT2D eigenvalue weighted by Gasteiger charge is 2.61. The zero-order chi connectivity index (χ0) is 21.3. The van der Waals surface area contributed by atoms with E-state index < -0.39 is 18.1 Å². The summed E-state index contributed by atoms with van der Waals surface area (Å²) in [5.41, 5.74) is 0. The average molecular weight is 434 g/mol. The standard InChI is InChI=1S/C22H31N3O4S/c1-14(2)10-11-23-17(26)13-24-19(16-9-6-12-30-16)18-20(29-24)22(28)25(21(18)27)15-7-4-3-5-8-15/h6,9,12,14-15,18-20H,3-5,7-8,10-11,13H2,1-2H3,(H,23,26). The molecule has 4 rings (SSSR count). The van der Waals surface area contributed by atoms with Crippen LogP contribution in [0.4, 0.5) is 0 Å². The number of imide groups is 1. The molecule has 3 aliphatic rings. The lowest BCUT2D eigenvalue weighted by Gasteiger charge is -2.32. The van der Waals surface area contributed by atoms with Crippen molar-refractivity contribution in [2.45, 2.75) is 70.6 Å². The summed E-state index contributed by atoms with van der Waals surface area (Å²) >= 11 is 1.53. The first-order valence-electron chi connectivity index (χ1n) is 11.1. The minimum atomic E-state index is -0.824. The van der Waals surface area contributed by atoms with Crippen molar-refractivity contribution >= 4 is 29.1 Å². The van der Waals surface area contributed by atoms with Gasteiger partial charge in [-0.2, -0.15) is 5.06 Å². The molecule has 1 aliphatic carbocycles. The van der Waals surface area contributed by atoms with Crippen molar-refractivity contribution in [1.29, 1.82) is 0 Å². The van der Waals surface area contributed by atoms with Gasteiger partial charge in [0, 0.05) is 17.5 Å². The van der Waals surface area contributed by atoms with E-state index in [-0.39, 0.29) is 30.3 Å². The lowest BCUT2D eigenvalue weighted by Crippen LogP contribution is -2.45. The quantitative estimate of drug-likeness (QED) is 0.669. The number of amides is 3. The molecule has 164 valence electrons. The lowest BCUT2D eigenvalue weighted by molar-refractivity contribution is -0.183. The molecule has 3 heterocycles. The average Bonchev–Trinajstić information content (AvgIpc) is 3.40. The van der Waals surface area contributed by atoms with E-state index in [0.29, 0.717) is 12.5 Å². The number of thiophene rings is 1. The molecular formula is C22H31N3O4S. The van der Waals surface area contributed by atoms with Gasteiger partial charge in [0.05, 0.1) is 12.0 Å². The highest BCUT2D eigenvalue weighted by atomic mass is 32.1. The van der Waals surface area contributed by atoms with Gasteiger partial charge in [-0.1, -0.05) is 39.2 Å². The monoisotopic (exact) mass is 433 g/mol. The van der Waals surface area contributed by atoms with Crippen LogP contribution in [0.2, 0.25) is 0 Å². The minimum absolute atomic E-state index is 0.00952. The Hall–Kier alpha value is -1.77. The maximum atomic E-state index is 13.4. The van der Waals surface area contributed by atoms with Gasteiger partial charge < -0.3 is 5.32 Å². The maximum absolute atomic E-state index is 13.4. The first kappa shape index (κ1) is 21.5. The fourth-order valence-electron chi connectivity index (χ4n) is 4.80. The van der Waals surface area contributed by atoms with E-state index >= 15 is 0 Å². The second-order valence-electron chi connectivity index (χ2n) is 8.96. The highest BCUT2D eigenvalue weighted by Crippen LogP contribution is 2.46. The van der Waals surface area contributed by atoms with Crippen LogP contribution in [-0.2, 0) is 19.2 Å². The molecule has 7 nitrogen and oxygen atoms in total. The number of carbonyl (C=O) groups excluding carboxylic acids is 3. The number of nitrogens with zero attached hydrogens (tertiary/aromatic N) is 2. The van der Waals surface area contributed by atoms with Crippen LogP contribution in [0.1, 0.15) is 63.3 Å². The van der Waals surface area contributed by atoms with Gasteiger partial charge in [0.25, 0.3) is 5.91 Å². The molecule has 1 aromatic heterocycles. The number of likely N-dealkylation sites (tertiary alicyclic amines) is 1. The van der Waals surface area contributed by atoms with Gasteiger partial charge >= 0.3 is 0 Å². The number of hydrogen-bond donors (Lipinski definition) is 1. The highest BCUT2D eigenvalue weighted by molar-refractivity contribution is 7.10. The van der Waals surface area contributed by atoms with E-state index in [1.807, 2.05) is 17.5 Å². The molecule has 3 fully saturated rings. The third-order valence-corrected chi connectivity index (χ3v) is 7.29. The first-order valence-corrected chi connectivity index (χ1v) is 12.0. The molecule has 2 aliphatic heterocycles. The van der Waals surface area contributed by atoms with Crippen LogP contribution in [0.3, 0.4) is 0 Å². The fourth-order valence-corrected chi connectivity index (χ4v) is 5.68. The van der Waals surface area contributed by atoms with Crippen LogP contribution in [0.15, 0.2) is 17.5 Å². The number of carbonyl (C=O) groups is 3. The van der Waals surface area contributed by atoms with Crippen molar-refractivity contribution in [2.24, 2.45) is 11.8 Å². The number of rotatable bonds is 7. The molecule has 0 radical (unpaired) electrons. The second-order valence-corrected chi connectivity index (χ2v) is 9.94. The summed E-state index contributed by atoms with van der Waals surface area (Å²) in [5, 5.41) is 6.42. The third-order valence-electron chi connectivity index (χ3n) is 6.35. The van der Waals surface area contributed by atoms with Crippen LogP contribution in [0.5, 0.6) is 0 Å². The van der Waals surface area contributed by atoms with Gasteiger partial charge in [-0.05, 0) is 36.6 Å². The maximum Gasteiger partial charge on any atom is 0.261 e. The van der Waals surface area contributed by atoms with Gasteiger partial charge in [-0.15, -0.1) is 11.3 Å². The van der Waals surface area contributed by atoms with E-state index in [2.05, 4.69) is 19.2 Å². The largest absolute Gasteiger partial charge is 0.355 e. The Bertz CT molecular complexity index is 775. The molecule has 2 saturated heterocycles. The predicted molar refractivity (Wildman–Crippen MR) is 113 cm³/mol. The molecule has 3 atom stereocenters. The number of fused-ring (bicyclic) bond motifs is 1. The topological polar surface area (TPSA) is 79.0 Å². The second kappa shape index (κ2) is 9.16. The van der Waals surface area contributed by atoms with Crippen LogP contribution < -0.4 is 5.32 Å². The van der Waals surface area contributed by atoms with Gasteiger partial charge in [0.1, 0.15) is 6.54 Å². The molecule has 1 saturated carbocycles. The summed E-state index contributed by atoms with van der Waals surface area (Å²) in [6.07, 6.45) is 5.09. The zero-order valence-electron chi connectivity index (χ0n) is 17.7. The van der Waals surface area contributed by atoms with Gasteiger partial charge in [0.15, 0.2) is 6.10 Å². The molecule has 30 heavy (non-hydrogen) atoms. The van der Waals surface area contributed by atoms with Crippen molar-refractivity contribution in [1.82, 2.24) is 15.3 Å². The molecule has 0 spiro atoms. The van der Waals surface area contributed by atoms with E-state index in [1.54, 1.807) is 5.06 Å². The number of nitrogens with one attached hydrogen (secondary N) is 1. The normalized spacial score (nSPS) is 27.8. The molecule has 3 amide bonds. The third kappa shape index (κ3) is 4.18. The lowest BCUT2D eigenvalue weighted by atomic mass is 9.93. The van der Waals surface area contributed by atoms with Gasteiger partial charge in [-0.3, -0.25) is 24.1 Å². The Morgan fingerprint density at radius 3 is 2.67 bits per heavy atom. The Morgan fingerprint density at radius 1 is 1.23 bits per heavy atom. The molecule has 0 aromatic carbocycles. The molecule has 3 unspecified atom stereocenters. The van der Waals surface area contributed by atoms with Crippen LogP contribution in [0.25, 0.3) is 0 Å². The Balaban J connectivity index is 1.51. The van der Waals surface area contributed by atoms with Gasteiger partial charge in [0.2, 0.25) is 11.8 Å². The fraction of sp³-hybridized carbons (Fsp3) is 0.682. The van der Waals surface area contributed by atoms with Crippen molar-refractivity contribution in [3.8, 4) is 0 Å². The van der Waals surface area contributed by atoms with E-state index in [0.717, 1.165) is 43.4 Å². The summed E-state index contributed by atoms with van der Waals surface area (Å²) in [7, 11) is 0. The number of hydroxylamine groups is 2. The van der Waals surface area contributed by atoms with Crippen LogP contribution in [0, 0.1) is 11.8 Å². The van der Waals surface area contributed by atoms with E-state index in [9.17, 15) is 14.4 Å². The molecule has 1 N–H and O–H groups in total. The predicted octanol–water partition coefficient (Wildman–Crippen LogP) is 2.89. The van der Waals surface area contributed by atoms with Crippen molar-refractivity contribution < 1.29 is 19.2 Å². The van der Waals surface area contributed by atoms with E-state index in [1.165, 1.54) is 16.2 Å². The Kier molecular flexibility index (Phi) is 6.55. The summed E-state index contributed by atoms with van der Waals surface area (Å²) < 4.78 is 0. The molecule has 1 aromatic rings. The first-order chi connectivity index (χ1) is 14.5. The van der Waals surface area contributed by atoms with Gasteiger partial charge in [-0.25, -0.2) is 0 Å². The van der Waals surface area contributed by atoms with Crippen molar-refractivity contribution in [2.75, 3.05) is 13.1 Å². The Morgan fingerprint density at radius 2 is 2.00 bits per heavy atom. The summed E-state index contributed by atoms with van der Waals surface area (Å²) in [6.45, 7) is 4.84. The minimum Gasteiger partial charge on any atom is -0.355 e. The summed E-state index contributed by atoms with van der Waals surface area (Å²) in [6, 6.07) is 3.46. The molecule has 0 bridgehead atoms. The van der Waals surface area contributed by atoms with Crippen LogP contribution in [-0.4, -0.2) is 52.9 Å². The molecular weight excluding hydrogens is 402 g/mol. The molecule has 8 heteroatoms.